The molecular formula is C22H23BN4O2. The van der Waals surface area contributed by atoms with Crippen LogP contribution in [0.1, 0.15) is 11.1 Å². The zero-order valence-electron chi connectivity index (χ0n) is 17.1. The van der Waals surface area contributed by atoms with Gasteiger partial charge in [-0.2, -0.15) is 10.1 Å². The molecule has 0 saturated heterocycles. The Labute approximate surface area is 170 Å². The number of nitrogens with zero attached hydrogens (tertiary/aromatic N) is 4. The molecule has 0 aliphatic heterocycles. The molecule has 0 fully saturated rings. The Kier molecular flexibility index (Phi) is 5.21. The monoisotopic (exact) mass is 386 g/mol. The minimum Gasteiger partial charge on any atom is -0.494 e. The van der Waals surface area contributed by atoms with Gasteiger partial charge in [-0.15, -0.1) is 0 Å². The highest BCUT2D eigenvalue weighted by molar-refractivity contribution is 6.08. The fraction of sp³-hybridized carbons (Fsp3) is 0.227. The quantitative estimate of drug-likeness (QED) is 0.471. The molecule has 0 aliphatic rings. The predicted molar refractivity (Wildman–Crippen MR) is 116 cm³/mol. The molecule has 2 aromatic carbocycles. The van der Waals surface area contributed by atoms with E-state index >= 15 is 0 Å². The van der Waals surface area contributed by atoms with Crippen molar-refractivity contribution in [2.45, 2.75) is 20.2 Å². The molecule has 4 aromatic rings. The summed E-state index contributed by atoms with van der Waals surface area (Å²) < 4.78 is 13.2. The number of aromatic nitrogens is 4. The van der Waals surface area contributed by atoms with Gasteiger partial charge in [0.25, 0.3) is 5.89 Å². The fourth-order valence-corrected chi connectivity index (χ4v) is 3.41. The Morgan fingerprint density at radius 1 is 1.03 bits per heavy atom. The molecule has 2 aromatic heterocycles. The molecule has 2 heterocycles. The first-order valence-electron chi connectivity index (χ1n) is 9.74. The van der Waals surface area contributed by atoms with Crippen LogP contribution < -0.4 is 4.74 Å². The second kappa shape index (κ2) is 7.95. The Balaban J connectivity index is 1.64. The summed E-state index contributed by atoms with van der Waals surface area (Å²) in [4.78, 5) is 4.58. The summed E-state index contributed by atoms with van der Waals surface area (Å²) in [6.07, 6.45) is 0.976. The third kappa shape index (κ3) is 3.81. The third-order valence-electron chi connectivity index (χ3n) is 4.76. The smallest absolute Gasteiger partial charge is 0.278 e. The van der Waals surface area contributed by atoms with E-state index in [1.807, 2.05) is 74.1 Å². The summed E-state index contributed by atoms with van der Waals surface area (Å²) in [5.74, 6) is 1.87. The van der Waals surface area contributed by atoms with Gasteiger partial charge in [0, 0.05) is 12.6 Å². The second-order valence-electron chi connectivity index (χ2n) is 7.12. The van der Waals surface area contributed by atoms with Gasteiger partial charge in [-0.1, -0.05) is 35.5 Å². The van der Waals surface area contributed by atoms with Gasteiger partial charge in [-0.05, 0) is 55.1 Å². The standard InChI is InChI=1S/C22H23BN4O2/c1-14-11-17(12-15(2)20(14)28-10-9-23)21-24-22(29-26-21)18-13-19(27(3)25-18)16-7-5-4-6-8-16/h4-8,11-13H,9-10,23H2,1-3H3. The van der Waals surface area contributed by atoms with Gasteiger partial charge >= 0.3 is 0 Å². The molecule has 0 atom stereocenters. The lowest BCUT2D eigenvalue weighted by Crippen LogP contribution is -2.00. The minimum atomic E-state index is 0.402. The van der Waals surface area contributed by atoms with Gasteiger partial charge in [-0.3, -0.25) is 4.68 Å². The van der Waals surface area contributed by atoms with E-state index in [2.05, 4.69) is 23.1 Å². The molecule has 4 rings (SSSR count). The summed E-state index contributed by atoms with van der Waals surface area (Å²) in [6.45, 7) is 4.78. The third-order valence-corrected chi connectivity index (χ3v) is 4.76. The van der Waals surface area contributed by atoms with Gasteiger partial charge in [0.1, 0.15) is 13.6 Å². The zero-order valence-corrected chi connectivity index (χ0v) is 17.1. The molecule has 0 amide bonds. The maximum absolute atomic E-state index is 5.86. The Bertz CT molecular complexity index is 1110. The largest absolute Gasteiger partial charge is 0.494 e. The highest BCUT2D eigenvalue weighted by Crippen LogP contribution is 2.31. The summed E-state index contributed by atoms with van der Waals surface area (Å²) in [5, 5.41) is 8.72. The molecule has 0 spiro atoms. The van der Waals surface area contributed by atoms with Crippen LogP contribution in [-0.2, 0) is 7.05 Å². The molecule has 29 heavy (non-hydrogen) atoms. The number of aryl methyl sites for hydroxylation is 3. The molecule has 0 unspecified atom stereocenters. The van der Waals surface area contributed by atoms with Crippen LogP contribution in [0.5, 0.6) is 5.75 Å². The Morgan fingerprint density at radius 2 is 1.76 bits per heavy atom. The fourth-order valence-electron chi connectivity index (χ4n) is 3.41. The van der Waals surface area contributed by atoms with Crippen molar-refractivity contribution in [1.82, 2.24) is 19.9 Å². The summed E-state index contributed by atoms with van der Waals surface area (Å²) in [7, 11) is 4.01. The molecule has 6 nitrogen and oxygen atoms in total. The SMILES string of the molecule is BCCOc1c(C)cc(-c2noc(-c3cc(-c4ccccc4)n(C)n3)n2)cc1C. The van der Waals surface area contributed by atoms with E-state index in [-0.39, 0.29) is 0 Å². The first kappa shape index (κ1) is 19.0. The van der Waals surface area contributed by atoms with Crippen LogP contribution in [0.4, 0.5) is 0 Å². The van der Waals surface area contributed by atoms with Crippen molar-refractivity contribution in [3.05, 3.63) is 59.7 Å². The van der Waals surface area contributed by atoms with E-state index in [0.717, 1.165) is 40.0 Å². The minimum absolute atomic E-state index is 0.402. The average molecular weight is 386 g/mol. The lowest BCUT2D eigenvalue weighted by molar-refractivity contribution is 0.336. The lowest BCUT2D eigenvalue weighted by Gasteiger charge is -2.12. The van der Waals surface area contributed by atoms with Crippen molar-refractivity contribution in [2.75, 3.05) is 6.61 Å². The van der Waals surface area contributed by atoms with Crippen molar-refractivity contribution in [3.8, 4) is 40.0 Å². The van der Waals surface area contributed by atoms with Gasteiger partial charge in [0.15, 0.2) is 5.69 Å². The normalized spacial score (nSPS) is 11.0. The van der Waals surface area contributed by atoms with Gasteiger partial charge in [0.05, 0.1) is 12.3 Å². The highest BCUT2D eigenvalue weighted by Gasteiger charge is 2.17. The average Bonchev–Trinajstić information content (AvgIpc) is 3.35. The number of hydrogen-bond acceptors (Lipinski definition) is 5. The van der Waals surface area contributed by atoms with Crippen LogP contribution in [0, 0.1) is 13.8 Å². The number of hydrogen-bond donors (Lipinski definition) is 0. The molecule has 0 radical (unpaired) electrons. The van der Waals surface area contributed by atoms with Crippen molar-refractivity contribution < 1.29 is 9.26 Å². The van der Waals surface area contributed by atoms with E-state index in [1.165, 1.54) is 0 Å². The van der Waals surface area contributed by atoms with Gasteiger partial charge in [-0.25, -0.2) is 0 Å². The van der Waals surface area contributed by atoms with Crippen LogP contribution in [0.2, 0.25) is 6.32 Å². The van der Waals surface area contributed by atoms with Crippen molar-refractivity contribution in [3.63, 3.8) is 0 Å². The number of benzene rings is 2. The van der Waals surface area contributed by atoms with Gasteiger partial charge < -0.3 is 9.26 Å². The van der Waals surface area contributed by atoms with Gasteiger partial charge in [0.2, 0.25) is 5.82 Å². The van der Waals surface area contributed by atoms with Crippen LogP contribution >= 0.6 is 0 Å². The first-order valence-corrected chi connectivity index (χ1v) is 9.74. The van der Waals surface area contributed by atoms with E-state index in [1.54, 1.807) is 0 Å². The van der Waals surface area contributed by atoms with E-state index < -0.39 is 0 Å². The second-order valence-corrected chi connectivity index (χ2v) is 7.12. The summed E-state index contributed by atoms with van der Waals surface area (Å²) in [6, 6.07) is 16.1. The molecule has 0 saturated carbocycles. The molecule has 0 N–H and O–H groups in total. The van der Waals surface area contributed by atoms with Crippen molar-refractivity contribution >= 4 is 7.85 Å². The van der Waals surface area contributed by atoms with Crippen LogP contribution in [-0.4, -0.2) is 34.4 Å². The van der Waals surface area contributed by atoms with E-state index in [4.69, 9.17) is 9.26 Å². The molecule has 146 valence electrons. The summed E-state index contributed by atoms with van der Waals surface area (Å²) >= 11 is 0. The van der Waals surface area contributed by atoms with Crippen LogP contribution in [0.3, 0.4) is 0 Å². The van der Waals surface area contributed by atoms with Crippen molar-refractivity contribution in [2.24, 2.45) is 7.05 Å². The van der Waals surface area contributed by atoms with E-state index in [0.29, 0.717) is 24.0 Å². The highest BCUT2D eigenvalue weighted by atomic mass is 16.5. The predicted octanol–water partition coefficient (Wildman–Crippen LogP) is 3.85. The maximum Gasteiger partial charge on any atom is 0.278 e. The molecule has 7 heteroatoms. The first-order chi connectivity index (χ1) is 14.1. The zero-order chi connectivity index (χ0) is 20.4. The van der Waals surface area contributed by atoms with E-state index in [9.17, 15) is 0 Å². The summed E-state index contributed by atoms with van der Waals surface area (Å²) in [5.41, 5.74) is 5.75. The topological polar surface area (TPSA) is 66.0 Å². The Hall–Kier alpha value is -3.35. The number of rotatable bonds is 6. The van der Waals surface area contributed by atoms with Crippen LogP contribution in [0.15, 0.2) is 53.1 Å². The van der Waals surface area contributed by atoms with Crippen molar-refractivity contribution in [1.29, 1.82) is 0 Å². The molecule has 0 bridgehead atoms. The Morgan fingerprint density at radius 3 is 2.45 bits per heavy atom. The lowest BCUT2D eigenvalue weighted by atomic mass is 10.0. The number of ether oxygens (including phenoxy) is 1. The molecular weight excluding hydrogens is 363 g/mol. The molecule has 0 aliphatic carbocycles. The maximum atomic E-state index is 5.86. The van der Waals surface area contributed by atoms with Crippen LogP contribution in [0.25, 0.3) is 34.2 Å².